The summed E-state index contributed by atoms with van der Waals surface area (Å²) < 4.78 is 41.0. The zero-order valence-electron chi connectivity index (χ0n) is 71.8. The number of carboxylic acids is 2. The van der Waals surface area contributed by atoms with Crippen molar-refractivity contribution in [1.29, 1.82) is 0 Å². The highest BCUT2D eigenvalue weighted by Gasteiger charge is 2.32. The van der Waals surface area contributed by atoms with E-state index in [9.17, 15) is 0 Å². The van der Waals surface area contributed by atoms with Crippen molar-refractivity contribution in [3.63, 3.8) is 0 Å². The molecule has 6 aromatic heterocycles. The zero-order chi connectivity index (χ0) is 94.3. The lowest BCUT2D eigenvalue weighted by Gasteiger charge is -2.23. The lowest BCUT2D eigenvalue weighted by molar-refractivity contribution is -0.159. The van der Waals surface area contributed by atoms with E-state index in [1.165, 1.54) is 131 Å². The molecule has 26 nitrogen and oxygen atoms in total. The van der Waals surface area contributed by atoms with Crippen molar-refractivity contribution < 1.29 is 43.5 Å². The van der Waals surface area contributed by atoms with Crippen LogP contribution in [0.4, 0.5) is 36.5 Å². The van der Waals surface area contributed by atoms with E-state index in [2.05, 4.69) is 395 Å². The quantitative estimate of drug-likeness (QED) is 0.0229. The van der Waals surface area contributed by atoms with Gasteiger partial charge in [0.15, 0.2) is 30.8 Å². The van der Waals surface area contributed by atoms with Gasteiger partial charge in [-0.05, 0) is 466 Å². The Labute approximate surface area is 977 Å². The Morgan fingerprint density at radius 1 is 0.316 bits per heavy atom. The van der Waals surface area contributed by atoms with Gasteiger partial charge in [0, 0.05) is 112 Å². The lowest BCUT2D eigenvalue weighted by Crippen LogP contribution is -2.30. The number of nitrogens with two attached hydrogens (primary N) is 7. The number of aromatic nitrogens is 6. The van der Waals surface area contributed by atoms with Crippen LogP contribution in [0.2, 0.25) is 0 Å². The maximum atomic E-state index is 9.10. The normalized spacial score (nSPS) is 16.9. The first kappa shape index (κ1) is 114. The van der Waals surface area contributed by atoms with Crippen molar-refractivity contribution in [3.8, 4) is 28.7 Å². The molecule has 0 saturated carbocycles. The number of benzene rings is 6. The van der Waals surface area contributed by atoms with Crippen LogP contribution in [-0.2, 0) is 86.6 Å². The molecule has 10 heterocycles. The van der Waals surface area contributed by atoms with Crippen LogP contribution in [0.3, 0.4) is 0 Å². The average molecular weight is 3350 g/mol. The van der Waals surface area contributed by atoms with Crippen molar-refractivity contribution in [1.82, 2.24) is 51.2 Å². The van der Waals surface area contributed by atoms with Gasteiger partial charge in [0.25, 0.3) is 0 Å². The summed E-state index contributed by atoms with van der Waals surface area (Å²) in [6.45, 7) is 3.85. The van der Waals surface area contributed by atoms with Crippen LogP contribution in [0.25, 0.3) is 0 Å². The smallest absolute Gasteiger partial charge is 0.414 e. The molecule has 0 saturated heterocycles. The Kier molecular flexibility index (Phi) is 46.5. The molecule has 0 radical (unpaired) electrons. The SMILES string of the molecule is Br.COc1c(I)cc(CC2CCCc3nc(N)sc32)cc1I.COc1c(I)cc(CC2CCCc3nc(N)sc32)cc1I.COc1c(I)cc(CC2NCCc3nc(N)sc32)cc1I.COc1c(I)cc(CC2NCCc3nc(N)sc32)cc1I.COc1c(I)cc(CC2NCCc3nc(N)sc32)cc1I.Cl.Nc1nc2c(s1)C(Cc1cc(I)c(N)c(I)c1)NCC2.O=C(O)C(=O)O. The van der Waals surface area contributed by atoms with E-state index in [1.807, 2.05) is 0 Å². The van der Waals surface area contributed by atoms with Crippen LogP contribution in [0.5, 0.6) is 28.7 Å². The topological polar surface area (TPSA) is 428 Å². The lowest BCUT2D eigenvalue weighted by atomic mass is 9.87. The van der Waals surface area contributed by atoms with Crippen LogP contribution >= 0.6 is 368 Å². The number of carbonyl (C=O) groups is 2. The highest BCUT2D eigenvalue weighted by atomic mass is 127. The minimum atomic E-state index is -1.82. The predicted octanol–water partition coefficient (Wildman–Crippen LogP) is 22.4. The molecule has 46 heteroatoms. The van der Waals surface area contributed by atoms with Crippen LogP contribution in [0, 0.1) is 42.8 Å². The molecule has 12 aromatic rings. The molecule has 6 unspecified atom stereocenters. The number of aryl methyl sites for hydroxylation is 2. The number of nitrogen functional groups attached to an aromatic ring is 7. The number of carboxylic acid groups (broad SMARTS) is 2. The third kappa shape index (κ3) is 31.0. The first-order chi connectivity index (χ1) is 62.6. The molecule has 20 N–H and O–H groups in total. The van der Waals surface area contributed by atoms with Gasteiger partial charge in [-0.3, -0.25) is 0 Å². The molecule has 0 amide bonds. The molecule has 2 aliphatic carbocycles. The first-order valence-electron chi connectivity index (χ1n) is 40.8. The number of fused-ring (bicyclic) bond motifs is 6. The number of hydrogen-bond acceptors (Lipinski definition) is 30. The summed E-state index contributed by atoms with van der Waals surface area (Å²) in [7, 11) is 8.61. The number of nitrogens with one attached hydrogen (secondary N) is 4. The van der Waals surface area contributed by atoms with Gasteiger partial charge < -0.3 is 95.3 Å². The van der Waals surface area contributed by atoms with Crippen molar-refractivity contribution in [2.45, 2.75) is 139 Å². The third-order valence-electron chi connectivity index (χ3n) is 21.8. The highest BCUT2D eigenvalue weighted by molar-refractivity contribution is 14.1. The fourth-order valence-corrected chi connectivity index (χ4v) is 35.6. The molecule has 6 aliphatic rings. The van der Waals surface area contributed by atoms with Crippen molar-refractivity contribution in [2.75, 3.05) is 102 Å². The standard InChI is InChI=1S/2C15H16I2N2OS.3C14H15I2N3OS.C13H14I2N4S.C2H2O4.BrH.ClH/c2*1-20-13-10(16)6-8(7-11(13)17)5-9-3-2-4-12-14(9)21-15(18)19-12;3*1-20-12-8(15)4-7(5-9(12)16)6-11-13-10(2-3-18-11)19-14(17)21-13;14-7-3-6(4-8(15)11(7)16)5-10-12-9(1-2-18-10)19-13(17)20-12;3-1(4)2(5)6;;/h2*6-7,9H,2-5H2,1H3,(H2,18,19);3*4-5,11,18H,2-3,6H2,1H3,(H2,17,19);3-4,10,18H,1-2,5,16H2,(H2,17,19);(H,3,4)(H,5,6);2*1H. The van der Waals surface area contributed by atoms with Gasteiger partial charge >= 0.3 is 11.9 Å². The van der Waals surface area contributed by atoms with Crippen molar-refractivity contribution in [2.24, 2.45) is 0 Å². The van der Waals surface area contributed by atoms with E-state index in [0.717, 1.165) is 172 Å². The van der Waals surface area contributed by atoms with Crippen LogP contribution < -0.4 is 85.1 Å². The second-order valence-electron chi connectivity index (χ2n) is 30.7. The largest absolute Gasteiger partial charge is 0.495 e. The molecule has 6 aromatic carbocycles. The number of aliphatic carboxylic acids is 2. The number of methoxy groups -OCH3 is 5. The molecule has 716 valence electrons. The second kappa shape index (κ2) is 54.3. The van der Waals surface area contributed by atoms with E-state index in [-0.39, 0.29) is 29.4 Å². The Bertz CT molecular complexity index is 5260. The Hall–Kier alpha value is -0.990. The Morgan fingerprint density at radius 2 is 0.496 bits per heavy atom. The Balaban J connectivity index is 0.000000163. The van der Waals surface area contributed by atoms with E-state index >= 15 is 0 Å². The van der Waals surface area contributed by atoms with E-state index in [0.29, 0.717) is 66.8 Å². The maximum Gasteiger partial charge on any atom is 0.414 e. The summed E-state index contributed by atoms with van der Waals surface area (Å²) >= 11 is 37.7. The summed E-state index contributed by atoms with van der Waals surface area (Å²) in [5, 5.41) is 33.2. The van der Waals surface area contributed by atoms with Crippen molar-refractivity contribution in [3.05, 3.63) is 212 Å². The van der Waals surface area contributed by atoms with Gasteiger partial charge in [0.1, 0.15) is 28.7 Å². The molecule has 0 fully saturated rings. The summed E-state index contributed by atoms with van der Waals surface area (Å²) in [6, 6.07) is 27.7. The molecule has 4 aliphatic heterocycles. The fraction of sp³-hybridized carbons (Fsp3) is 0.356. The van der Waals surface area contributed by atoms with Crippen LogP contribution in [0.1, 0.15) is 158 Å². The fourth-order valence-electron chi connectivity index (χ4n) is 16.2. The number of thiazole rings is 6. The minimum absolute atomic E-state index is 0. The van der Waals surface area contributed by atoms with Gasteiger partial charge in [-0.15, -0.1) is 97.4 Å². The summed E-state index contributed by atoms with van der Waals surface area (Å²) in [6.07, 6.45) is 16.8. The monoisotopic (exact) mass is 3350 g/mol. The number of ether oxygens (including phenoxy) is 5. The molecular formula is C87H95BrClI12N17O9S6. The van der Waals surface area contributed by atoms with Crippen LogP contribution in [0.15, 0.2) is 72.8 Å². The highest BCUT2D eigenvalue weighted by Crippen LogP contribution is 2.45. The summed E-state index contributed by atoms with van der Waals surface area (Å²) in [5.41, 5.74) is 57.2. The van der Waals surface area contributed by atoms with E-state index in [4.69, 9.17) is 83.6 Å². The summed E-state index contributed by atoms with van der Waals surface area (Å²) in [4.78, 5) is 52.9. The second-order valence-corrected chi connectivity index (χ2v) is 51.0. The molecule has 0 bridgehead atoms. The molecular weight excluding hydrogens is 3260 g/mol. The maximum absolute atomic E-state index is 9.10. The number of rotatable bonds is 17. The van der Waals surface area contributed by atoms with E-state index < -0.39 is 11.9 Å². The van der Waals surface area contributed by atoms with Crippen LogP contribution in [-0.4, -0.2) is 114 Å². The number of hydrogen-bond donors (Lipinski definition) is 13. The minimum Gasteiger partial charge on any atom is -0.495 e. The molecule has 133 heavy (non-hydrogen) atoms. The number of anilines is 7. The molecule has 0 spiro atoms. The summed E-state index contributed by atoms with van der Waals surface area (Å²) in [5.74, 6) is 2.30. The van der Waals surface area contributed by atoms with E-state index in [1.54, 1.807) is 104 Å². The van der Waals surface area contributed by atoms with Gasteiger partial charge in [0.05, 0.1) is 111 Å². The van der Waals surface area contributed by atoms with Gasteiger partial charge in [-0.2, -0.15) is 0 Å². The molecule has 18 rings (SSSR count). The Morgan fingerprint density at radius 3 is 0.692 bits per heavy atom. The molecule has 6 atom stereocenters. The number of nitrogens with zero attached hydrogens (tertiary/aromatic N) is 6. The van der Waals surface area contributed by atoms with Gasteiger partial charge in [-0.25, -0.2) is 39.5 Å². The van der Waals surface area contributed by atoms with Gasteiger partial charge in [-0.1, -0.05) is 0 Å². The first-order valence-corrected chi connectivity index (χ1v) is 58.7. The third-order valence-corrected chi connectivity index (χ3v) is 37.9. The van der Waals surface area contributed by atoms with Crippen molar-refractivity contribution >= 4 is 417 Å². The predicted molar refractivity (Wildman–Crippen MR) is 652 cm³/mol. The number of halogens is 14. The average Bonchev–Trinajstić information content (AvgIpc) is 1.68. The zero-order valence-corrected chi connectivity index (χ0v) is 105. The van der Waals surface area contributed by atoms with Gasteiger partial charge in [0.2, 0.25) is 0 Å².